The fraction of sp³-hybridized carbons (Fsp3) is 0. The maximum Gasteiger partial charge on any atom is 2.00 e. The Kier molecular flexibility index (Phi) is 33.6. The summed E-state index contributed by atoms with van der Waals surface area (Å²) in [5.41, 5.74) is 15.4. The molecule has 6 N–H and O–H groups in total. The van der Waals surface area contributed by atoms with Crippen molar-refractivity contribution in [2.24, 2.45) is 0 Å². The fourth-order valence-corrected chi connectivity index (χ4v) is 0.427. The maximum atomic E-state index is 8.48. The molecule has 0 amide bonds. The number of nitrogen functional groups attached to an aromatic ring is 3. The SMILES string of the molecule is Nc1nc(N)nc(N)n1.[Mg+2].[Mg+2].[Mg+2].[O-]P([O-])[O-].[O-]P([O-])[O-]. The van der Waals surface area contributed by atoms with E-state index in [2.05, 4.69) is 15.0 Å². The van der Waals surface area contributed by atoms with Crippen LogP contribution in [0.2, 0.25) is 0 Å². The van der Waals surface area contributed by atoms with Crippen LogP contribution < -0.4 is 46.6 Å². The first-order valence-corrected chi connectivity index (χ1v) is 5.49. The number of hydrogen-bond acceptors (Lipinski definition) is 12. The van der Waals surface area contributed by atoms with Crippen molar-refractivity contribution >= 4 is 104 Å². The predicted octanol–water partition coefficient (Wildman–Crippen LogP) is -7.94. The molecule has 0 radical (unpaired) electrons. The molecule has 0 aliphatic heterocycles. The zero-order valence-corrected chi connectivity index (χ0v) is 16.1. The van der Waals surface area contributed by atoms with Crippen LogP contribution in [-0.2, 0) is 0 Å². The van der Waals surface area contributed by atoms with Gasteiger partial charge in [-0.25, -0.2) is 0 Å². The average molecular weight is 357 g/mol. The largest absolute Gasteiger partial charge is 2.00 e. The molecule has 0 atom stereocenters. The summed E-state index contributed by atoms with van der Waals surface area (Å²) in [4.78, 5) is 61.4. The van der Waals surface area contributed by atoms with Gasteiger partial charge in [-0.1, -0.05) is 0 Å². The van der Waals surface area contributed by atoms with E-state index in [1.807, 2.05) is 0 Å². The molecule has 1 heterocycles. The predicted molar refractivity (Wildman–Crippen MR) is 64.2 cm³/mol. The summed E-state index contributed by atoms with van der Waals surface area (Å²) in [6, 6.07) is 0. The van der Waals surface area contributed by atoms with Crippen molar-refractivity contribution in [2.75, 3.05) is 17.2 Å². The van der Waals surface area contributed by atoms with E-state index in [1.54, 1.807) is 0 Å². The molecule has 0 bridgehead atoms. The van der Waals surface area contributed by atoms with Crippen molar-refractivity contribution in [2.45, 2.75) is 0 Å². The topological polar surface area (TPSA) is 255 Å². The van der Waals surface area contributed by atoms with Crippen molar-refractivity contribution in [3.8, 4) is 0 Å². The minimum absolute atomic E-state index is 0. The van der Waals surface area contributed by atoms with Gasteiger partial charge in [-0.3, -0.25) is 0 Å². The number of nitrogens with two attached hydrogens (primary N) is 3. The van der Waals surface area contributed by atoms with Crippen LogP contribution in [0.1, 0.15) is 0 Å². The molecule has 0 aliphatic rings. The Bertz CT molecular complexity index is 264. The number of anilines is 3. The number of hydrogen-bond donors (Lipinski definition) is 3. The van der Waals surface area contributed by atoms with Crippen molar-refractivity contribution in [1.29, 1.82) is 0 Å². The zero-order valence-electron chi connectivity index (χ0n) is 10.0. The summed E-state index contributed by atoms with van der Waals surface area (Å²) in [7, 11) is -6.74. The second kappa shape index (κ2) is 20.3. The monoisotopic (exact) mass is 356 g/mol. The van der Waals surface area contributed by atoms with Gasteiger partial charge < -0.3 is 63.8 Å². The van der Waals surface area contributed by atoms with Gasteiger partial charge in [0.2, 0.25) is 17.8 Å². The van der Waals surface area contributed by atoms with E-state index in [0.29, 0.717) is 0 Å². The molecule has 1 aromatic rings. The van der Waals surface area contributed by atoms with Crippen molar-refractivity contribution in [3.63, 3.8) is 0 Å². The zero-order chi connectivity index (χ0) is 14.0. The molecule has 100 valence electrons. The van der Waals surface area contributed by atoms with Crippen LogP contribution in [0, 0.1) is 0 Å². The summed E-state index contributed by atoms with van der Waals surface area (Å²) in [6.07, 6.45) is 0. The van der Waals surface area contributed by atoms with Gasteiger partial charge in [0.15, 0.2) is 0 Å². The number of rotatable bonds is 0. The Hall–Kier alpha value is 1.33. The molecule has 0 unspecified atom stereocenters. The molecule has 1 rings (SSSR count). The maximum absolute atomic E-state index is 8.48. The fourth-order valence-electron chi connectivity index (χ4n) is 0.427. The number of nitrogens with zero attached hydrogens (tertiary/aromatic N) is 3. The van der Waals surface area contributed by atoms with Crippen LogP contribution in [0.4, 0.5) is 17.8 Å². The molecule has 1 aromatic heterocycles. The van der Waals surface area contributed by atoms with E-state index in [-0.39, 0.29) is 87.0 Å². The van der Waals surface area contributed by atoms with Crippen molar-refractivity contribution in [3.05, 3.63) is 0 Å². The molecular weight excluding hydrogens is 351 g/mol. The van der Waals surface area contributed by atoms with Gasteiger partial charge in [-0.2, -0.15) is 15.0 Å². The molecule has 0 aromatic carbocycles. The van der Waals surface area contributed by atoms with Crippen LogP contribution in [0.5, 0.6) is 0 Å². The quantitative estimate of drug-likeness (QED) is 0.289. The van der Waals surface area contributed by atoms with E-state index in [1.165, 1.54) is 0 Å². The van der Waals surface area contributed by atoms with E-state index in [0.717, 1.165) is 0 Å². The van der Waals surface area contributed by atoms with Gasteiger partial charge in [0, 0.05) is 0 Å². The third-order valence-electron chi connectivity index (χ3n) is 0.687. The molecule has 0 fully saturated rings. The van der Waals surface area contributed by atoms with Crippen LogP contribution in [0.15, 0.2) is 0 Å². The Morgan fingerprint density at radius 3 is 0.750 bits per heavy atom. The first-order chi connectivity index (χ1) is 7.65. The Labute approximate surface area is 164 Å². The van der Waals surface area contributed by atoms with Gasteiger partial charge in [-0.15, -0.1) is 0 Å². The molecule has 0 spiro atoms. The molecular formula is C3H6Mg3N6O6P2. The summed E-state index contributed by atoms with van der Waals surface area (Å²) < 4.78 is 0. The average Bonchev–Trinajstić information content (AvgIpc) is 1.96. The third-order valence-corrected chi connectivity index (χ3v) is 0.687. The molecule has 12 nitrogen and oxygen atoms in total. The van der Waals surface area contributed by atoms with Gasteiger partial charge in [0.05, 0.1) is 0 Å². The summed E-state index contributed by atoms with van der Waals surface area (Å²) in [5.74, 6) is 0.125. The summed E-state index contributed by atoms with van der Waals surface area (Å²) >= 11 is 0. The first kappa shape index (κ1) is 33.1. The Morgan fingerprint density at radius 2 is 0.650 bits per heavy atom. The van der Waals surface area contributed by atoms with E-state index >= 15 is 0 Å². The second-order valence-electron chi connectivity index (χ2n) is 1.86. The van der Waals surface area contributed by atoms with Crippen LogP contribution >= 0.6 is 17.2 Å². The normalized spacial score (nSPS) is 7.80. The smallest absolute Gasteiger partial charge is 0.854 e. The van der Waals surface area contributed by atoms with Crippen LogP contribution in [0.25, 0.3) is 0 Å². The summed E-state index contributed by atoms with van der Waals surface area (Å²) in [5, 5.41) is 0. The standard InChI is InChI=1S/C3H6N6.3Mg.2O3P/c4-1-7-2(5)9-3(6)8-1;;;;2*1-4(2)3/h(H6,4,5,6,7,8,9);;;;;/q;3*+2;2*-3. The molecule has 0 aliphatic carbocycles. The number of aromatic nitrogens is 3. The van der Waals surface area contributed by atoms with Gasteiger partial charge in [0.25, 0.3) is 0 Å². The van der Waals surface area contributed by atoms with Gasteiger partial charge in [0.1, 0.15) is 0 Å². The van der Waals surface area contributed by atoms with E-state index in [4.69, 9.17) is 46.6 Å². The summed E-state index contributed by atoms with van der Waals surface area (Å²) in [6.45, 7) is 0. The van der Waals surface area contributed by atoms with E-state index < -0.39 is 17.2 Å². The van der Waals surface area contributed by atoms with Crippen molar-refractivity contribution < 1.29 is 29.4 Å². The minimum atomic E-state index is -3.37. The van der Waals surface area contributed by atoms with Crippen molar-refractivity contribution in [1.82, 2.24) is 15.0 Å². The second-order valence-corrected chi connectivity index (χ2v) is 2.75. The van der Waals surface area contributed by atoms with Crippen LogP contribution in [-0.4, -0.2) is 84.1 Å². The molecule has 20 heavy (non-hydrogen) atoms. The first-order valence-electron chi connectivity index (χ1n) is 3.30. The molecule has 17 heteroatoms. The third kappa shape index (κ3) is 36.6. The Balaban J connectivity index is -0.0000000597. The minimum Gasteiger partial charge on any atom is -0.854 e. The molecule has 0 saturated heterocycles. The van der Waals surface area contributed by atoms with Gasteiger partial charge in [-0.05, 0) is 0 Å². The molecule has 0 saturated carbocycles. The van der Waals surface area contributed by atoms with Gasteiger partial charge >= 0.3 is 69.2 Å². The Morgan fingerprint density at radius 1 is 0.550 bits per heavy atom. The van der Waals surface area contributed by atoms with Crippen LogP contribution in [0.3, 0.4) is 0 Å². The van der Waals surface area contributed by atoms with E-state index in [9.17, 15) is 0 Å².